The van der Waals surface area contributed by atoms with Crippen molar-refractivity contribution in [3.8, 4) is 0 Å². The van der Waals surface area contributed by atoms with Gasteiger partial charge in [0.05, 0.1) is 5.56 Å². The van der Waals surface area contributed by atoms with Crippen molar-refractivity contribution in [3.05, 3.63) is 29.6 Å². The zero-order chi connectivity index (χ0) is 11.7. The number of amides is 1. The minimum Gasteiger partial charge on any atom is -0.398 e. The van der Waals surface area contributed by atoms with Crippen LogP contribution in [0.5, 0.6) is 0 Å². The van der Waals surface area contributed by atoms with Gasteiger partial charge in [-0.25, -0.2) is 4.39 Å². The van der Waals surface area contributed by atoms with E-state index < -0.39 is 5.82 Å². The fraction of sp³-hybridized carbons (Fsp3) is 0.417. The van der Waals surface area contributed by atoms with E-state index in [-0.39, 0.29) is 11.5 Å². The summed E-state index contributed by atoms with van der Waals surface area (Å²) in [7, 11) is 0. The summed E-state index contributed by atoms with van der Waals surface area (Å²) in [6.45, 7) is 2.56. The van der Waals surface area contributed by atoms with Crippen LogP contribution < -0.4 is 5.73 Å². The highest BCUT2D eigenvalue weighted by Crippen LogP contribution is 2.29. The van der Waals surface area contributed by atoms with E-state index in [2.05, 4.69) is 0 Å². The molecule has 3 nitrogen and oxygen atoms in total. The zero-order valence-corrected chi connectivity index (χ0v) is 9.24. The van der Waals surface area contributed by atoms with Crippen LogP contribution >= 0.6 is 0 Å². The number of nitrogens with two attached hydrogens (primary N) is 1. The summed E-state index contributed by atoms with van der Waals surface area (Å²) in [5, 5.41) is 0. The Morgan fingerprint density at radius 2 is 2.25 bits per heavy atom. The molecule has 0 heterocycles. The smallest absolute Gasteiger partial charge is 0.256 e. The van der Waals surface area contributed by atoms with E-state index in [1.807, 2.05) is 6.92 Å². The molecule has 1 saturated carbocycles. The summed E-state index contributed by atoms with van der Waals surface area (Å²) < 4.78 is 13.1. The molecule has 2 rings (SSSR count). The number of halogens is 1. The SMILES string of the molecule is CCN(C(=O)c1cc(F)ccc1N)C1CC1. The van der Waals surface area contributed by atoms with Crippen LogP contribution in [-0.2, 0) is 0 Å². The first-order valence-electron chi connectivity index (χ1n) is 5.49. The van der Waals surface area contributed by atoms with Gasteiger partial charge in [0.15, 0.2) is 0 Å². The number of hydrogen-bond acceptors (Lipinski definition) is 2. The summed E-state index contributed by atoms with van der Waals surface area (Å²) in [6, 6.07) is 4.23. The Labute approximate surface area is 94.0 Å². The van der Waals surface area contributed by atoms with Gasteiger partial charge in [-0.15, -0.1) is 0 Å². The summed E-state index contributed by atoms with van der Waals surface area (Å²) in [6.07, 6.45) is 2.07. The van der Waals surface area contributed by atoms with Crippen molar-refractivity contribution in [2.75, 3.05) is 12.3 Å². The molecule has 1 aromatic rings. The van der Waals surface area contributed by atoms with Crippen molar-refractivity contribution in [2.45, 2.75) is 25.8 Å². The van der Waals surface area contributed by atoms with Gasteiger partial charge < -0.3 is 10.6 Å². The largest absolute Gasteiger partial charge is 0.398 e. The van der Waals surface area contributed by atoms with Crippen molar-refractivity contribution >= 4 is 11.6 Å². The van der Waals surface area contributed by atoms with Gasteiger partial charge in [-0.2, -0.15) is 0 Å². The summed E-state index contributed by atoms with van der Waals surface area (Å²) >= 11 is 0. The minimum absolute atomic E-state index is 0.165. The van der Waals surface area contributed by atoms with Gasteiger partial charge in [0.2, 0.25) is 0 Å². The van der Waals surface area contributed by atoms with Crippen LogP contribution in [0.1, 0.15) is 30.1 Å². The number of carbonyl (C=O) groups excluding carboxylic acids is 1. The van der Waals surface area contributed by atoms with Crippen LogP contribution in [0.15, 0.2) is 18.2 Å². The molecular formula is C12H15FN2O. The molecule has 1 aromatic carbocycles. The first-order valence-corrected chi connectivity index (χ1v) is 5.49. The molecule has 4 heteroatoms. The van der Waals surface area contributed by atoms with E-state index in [9.17, 15) is 9.18 Å². The Balaban J connectivity index is 2.28. The number of anilines is 1. The average molecular weight is 222 g/mol. The van der Waals surface area contributed by atoms with Crippen molar-refractivity contribution < 1.29 is 9.18 Å². The molecule has 1 amide bonds. The average Bonchev–Trinajstić information content (AvgIpc) is 3.07. The molecule has 86 valence electrons. The molecule has 0 saturated heterocycles. The fourth-order valence-corrected chi connectivity index (χ4v) is 1.82. The summed E-state index contributed by atoms with van der Waals surface area (Å²) in [5.41, 5.74) is 6.30. The molecule has 0 unspecified atom stereocenters. The normalized spacial score (nSPS) is 14.9. The van der Waals surface area contributed by atoms with E-state index in [0.29, 0.717) is 18.3 Å². The molecule has 0 radical (unpaired) electrons. The lowest BCUT2D eigenvalue weighted by atomic mass is 10.1. The Morgan fingerprint density at radius 3 is 2.81 bits per heavy atom. The van der Waals surface area contributed by atoms with E-state index in [1.54, 1.807) is 4.90 Å². The minimum atomic E-state index is -0.426. The Morgan fingerprint density at radius 1 is 1.56 bits per heavy atom. The maximum Gasteiger partial charge on any atom is 0.256 e. The van der Waals surface area contributed by atoms with Gasteiger partial charge in [0, 0.05) is 18.3 Å². The Kier molecular flexibility index (Phi) is 2.81. The van der Waals surface area contributed by atoms with Crippen molar-refractivity contribution in [1.29, 1.82) is 0 Å². The van der Waals surface area contributed by atoms with Gasteiger partial charge in [-0.3, -0.25) is 4.79 Å². The molecule has 0 aliphatic heterocycles. The van der Waals surface area contributed by atoms with Gasteiger partial charge in [0.25, 0.3) is 5.91 Å². The third kappa shape index (κ3) is 2.01. The zero-order valence-electron chi connectivity index (χ0n) is 9.24. The van der Waals surface area contributed by atoms with Crippen molar-refractivity contribution in [3.63, 3.8) is 0 Å². The Hall–Kier alpha value is -1.58. The second kappa shape index (κ2) is 4.12. The first-order chi connectivity index (χ1) is 7.63. The van der Waals surface area contributed by atoms with Crippen LogP contribution in [0.4, 0.5) is 10.1 Å². The predicted molar refractivity (Wildman–Crippen MR) is 60.5 cm³/mol. The van der Waals surface area contributed by atoms with Crippen LogP contribution in [0.2, 0.25) is 0 Å². The maximum atomic E-state index is 13.1. The second-order valence-corrected chi connectivity index (χ2v) is 4.05. The lowest BCUT2D eigenvalue weighted by Gasteiger charge is -2.21. The summed E-state index contributed by atoms with van der Waals surface area (Å²) in [5.74, 6) is -0.591. The third-order valence-electron chi connectivity index (χ3n) is 2.83. The van der Waals surface area contributed by atoms with E-state index >= 15 is 0 Å². The topological polar surface area (TPSA) is 46.3 Å². The van der Waals surface area contributed by atoms with Gasteiger partial charge >= 0.3 is 0 Å². The van der Waals surface area contributed by atoms with Gasteiger partial charge in [-0.05, 0) is 38.0 Å². The molecular weight excluding hydrogens is 207 g/mol. The molecule has 2 N–H and O–H groups in total. The molecule has 1 fully saturated rings. The van der Waals surface area contributed by atoms with Crippen LogP contribution in [0, 0.1) is 5.82 Å². The van der Waals surface area contributed by atoms with Gasteiger partial charge in [0.1, 0.15) is 5.82 Å². The quantitative estimate of drug-likeness (QED) is 0.795. The molecule has 0 aromatic heterocycles. The maximum absolute atomic E-state index is 13.1. The molecule has 1 aliphatic rings. The van der Waals surface area contributed by atoms with Crippen LogP contribution in [0.3, 0.4) is 0 Å². The van der Waals surface area contributed by atoms with Crippen molar-refractivity contribution in [1.82, 2.24) is 4.90 Å². The highest BCUT2D eigenvalue weighted by atomic mass is 19.1. The highest BCUT2D eigenvalue weighted by Gasteiger charge is 2.32. The number of nitrogens with zero attached hydrogens (tertiary/aromatic N) is 1. The fourth-order valence-electron chi connectivity index (χ4n) is 1.82. The molecule has 0 spiro atoms. The molecule has 1 aliphatic carbocycles. The van der Waals surface area contributed by atoms with E-state index in [1.165, 1.54) is 18.2 Å². The predicted octanol–water partition coefficient (Wildman–Crippen LogP) is 2.03. The number of benzene rings is 1. The number of carbonyl (C=O) groups is 1. The molecule has 0 atom stereocenters. The van der Waals surface area contributed by atoms with E-state index in [4.69, 9.17) is 5.73 Å². The van der Waals surface area contributed by atoms with Crippen molar-refractivity contribution in [2.24, 2.45) is 0 Å². The lowest BCUT2D eigenvalue weighted by Crippen LogP contribution is -2.33. The van der Waals surface area contributed by atoms with E-state index in [0.717, 1.165) is 12.8 Å². The monoisotopic (exact) mass is 222 g/mol. The Bertz CT molecular complexity index is 415. The summed E-state index contributed by atoms with van der Waals surface area (Å²) in [4.78, 5) is 13.9. The number of nitrogen functional groups attached to an aromatic ring is 1. The van der Waals surface area contributed by atoms with Gasteiger partial charge in [-0.1, -0.05) is 0 Å². The second-order valence-electron chi connectivity index (χ2n) is 4.05. The molecule has 0 bridgehead atoms. The highest BCUT2D eigenvalue weighted by molar-refractivity contribution is 5.99. The lowest BCUT2D eigenvalue weighted by molar-refractivity contribution is 0.0753. The third-order valence-corrected chi connectivity index (χ3v) is 2.83. The number of hydrogen-bond donors (Lipinski definition) is 1. The van der Waals surface area contributed by atoms with Crippen LogP contribution in [-0.4, -0.2) is 23.4 Å². The first kappa shape index (κ1) is 10.9. The number of rotatable bonds is 3. The molecule has 16 heavy (non-hydrogen) atoms. The van der Waals surface area contributed by atoms with Crippen LogP contribution in [0.25, 0.3) is 0 Å². The standard InChI is InChI=1S/C12H15FN2O/c1-2-15(9-4-5-9)12(16)10-7-8(13)3-6-11(10)14/h3,6-7,9H,2,4-5,14H2,1H3.